The van der Waals surface area contributed by atoms with Gasteiger partial charge in [-0.15, -0.1) is 10.2 Å². The van der Waals surface area contributed by atoms with Gasteiger partial charge < -0.3 is 19.7 Å². The number of halogens is 1. The van der Waals surface area contributed by atoms with E-state index in [9.17, 15) is 9.18 Å². The first-order valence-electron chi connectivity index (χ1n) is 11.8. The van der Waals surface area contributed by atoms with E-state index in [-0.39, 0.29) is 23.6 Å². The topological polar surface area (TPSA) is 81.5 Å². The summed E-state index contributed by atoms with van der Waals surface area (Å²) in [5, 5.41) is 12.3. The number of benzene rings is 2. The van der Waals surface area contributed by atoms with Gasteiger partial charge in [0, 0.05) is 36.6 Å². The minimum absolute atomic E-state index is 0.0726. The highest BCUT2D eigenvalue weighted by atomic mass is 32.2. The lowest BCUT2D eigenvalue weighted by Gasteiger charge is -2.28. The SMILES string of the molecule is O=C(CSc1nnc(-c2ccc(F)cc2)n1CC1CCCO1)Nc1ccc(N2CCOCC2)cc1. The second kappa shape index (κ2) is 11.2. The second-order valence-corrected chi connectivity index (χ2v) is 9.48. The number of aromatic nitrogens is 3. The minimum atomic E-state index is -0.303. The van der Waals surface area contributed by atoms with Crippen molar-refractivity contribution in [3.8, 4) is 11.4 Å². The van der Waals surface area contributed by atoms with Gasteiger partial charge in [0.25, 0.3) is 0 Å². The van der Waals surface area contributed by atoms with Crippen LogP contribution in [0.25, 0.3) is 11.4 Å². The largest absolute Gasteiger partial charge is 0.378 e. The van der Waals surface area contributed by atoms with E-state index in [1.807, 2.05) is 28.8 Å². The Kier molecular flexibility index (Phi) is 7.60. The lowest BCUT2D eigenvalue weighted by atomic mass is 10.2. The zero-order valence-electron chi connectivity index (χ0n) is 19.4. The Morgan fingerprint density at radius 3 is 2.54 bits per heavy atom. The van der Waals surface area contributed by atoms with Crippen molar-refractivity contribution in [1.29, 1.82) is 0 Å². The van der Waals surface area contributed by atoms with Gasteiger partial charge in [0.1, 0.15) is 5.82 Å². The Hall–Kier alpha value is -2.95. The van der Waals surface area contributed by atoms with Crippen molar-refractivity contribution >= 4 is 29.0 Å². The van der Waals surface area contributed by atoms with Crippen molar-refractivity contribution in [2.24, 2.45) is 0 Å². The molecule has 8 nitrogen and oxygen atoms in total. The predicted molar refractivity (Wildman–Crippen MR) is 133 cm³/mol. The molecule has 35 heavy (non-hydrogen) atoms. The monoisotopic (exact) mass is 497 g/mol. The molecule has 2 saturated heterocycles. The Morgan fingerprint density at radius 2 is 1.83 bits per heavy atom. The van der Waals surface area contributed by atoms with E-state index < -0.39 is 0 Å². The maximum atomic E-state index is 13.4. The fourth-order valence-corrected chi connectivity index (χ4v) is 5.02. The number of amides is 1. The van der Waals surface area contributed by atoms with Crippen molar-refractivity contribution < 1.29 is 18.7 Å². The normalized spacial score (nSPS) is 18.1. The second-order valence-electron chi connectivity index (χ2n) is 8.54. The molecule has 10 heteroatoms. The summed E-state index contributed by atoms with van der Waals surface area (Å²) in [6.45, 7) is 4.54. The number of morpholine rings is 1. The van der Waals surface area contributed by atoms with Crippen LogP contribution in [-0.4, -0.2) is 65.4 Å². The highest BCUT2D eigenvalue weighted by molar-refractivity contribution is 7.99. The number of nitrogens with one attached hydrogen (secondary N) is 1. The smallest absolute Gasteiger partial charge is 0.234 e. The van der Waals surface area contributed by atoms with Gasteiger partial charge in [-0.1, -0.05) is 11.8 Å². The van der Waals surface area contributed by atoms with Crippen molar-refractivity contribution in [2.45, 2.75) is 30.6 Å². The van der Waals surface area contributed by atoms with Gasteiger partial charge in [-0.2, -0.15) is 0 Å². The number of thioether (sulfide) groups is 1. The summed E-state index contributed by atoms with van der Waals surface area (Å²) in [7, 11) is 0. The van der Waals surface area contributed by atoms with Gasteiger partial charge in [0.15, 0.2) is 11.0 Å². The molecular weight excluding hydrogens is 469 g/mol. The Labute approximate surface area is 207 Å². The zero-order valence-corrected chi connectivity index (χ0v) is 20.2. The zero-order chi connectivity index (χ0) is 24.0. The summed E-state index contributed by atoms with van der Waals surface area (Å²) in [6, 6.07) is 14.1. The van der Waals surface area contributed by atoms with E-state index in [1.54, 1.807) is 12.1 Å². The first-order valence-corrected chi connectivity index (χ1v) is 12.8. The van der Waals surface area contributed by atoms with Crippen LogP contribution in [0.15, 0.2) is 53.7 Å². The molecule has 0 saturated carbocycles. The van der Waals surface area contributed by atoms with Crippen molar-refractivity contribution in [3.63, 3.8) is 0 Å². The lowest BCUT2D eigenvalue weighted by molar-refractivity contribution is -0.113. The van der Waals surface area contributed by atoms with E-state index in [4.69, 9.17) is 9.47 Å². The molecule has 3 aromatic rings. The molecule has 5 rings (SSSR count). The summed E-state index contributed by atoms with van der Waals surface area (Å²) in [5.74, 6) is 0.410. The quantitative estimate of drug-likeness (QED) is 0.474. The molecule has 0 radical (unpaired) electrons. The van der Waals surface area contributed by atoms with Gasteiger partial charge in [-0.3, -0.25) is 9.36 Å². The summed E-state index contributed by atoms with van der Waals surface area (Å²) < 4.78 is 26.6. The molecule has 0 bridgehead atoms. The molecule has 0 spiro atoms. The number of carbonyl (C=O) groups excluding carboxylic acids is 1. The fourth-order valence-electron chi connectivity index (χ4n) is 4.27. The number of nitrogens with zero attached hydrogens (tertiary/aromatic N) is 4. The summed E-state index contributed by atoms with van der Waals surface area (Å²) in [6.07, 6.45) is 2.06. The molecule has 0 aliphatic carbocycles. The van der Waals surface area contributed by atoms with Crippen LogP contribution in [0.1, 0.15) is 12.8 Å². The van der Waals surface area contributed by atoms with Gasteiger partial charge >= 0.3 is 0 Å². The van der Waals surface area contributed by atoms with E-state index >= 15 is 0 Å². The molecule has 184 valence electrons. The number of ether oxygens (including phenoxy) is 2. The van der Waals surface area contributed by atoms with Crippen LogP contribution in [0.3, 0.4) is 0 Å². The molecule has 3 heterocycles. The van der Waals surface area contributed by atoms with Crippen molar-refractivity contribution in [2.75, 3.05) is 48.9 Å². The maximum absolute atomic E-state index is 13.4. The summed E-state index contributed by atoms with van der Waals surface area (Å²) in [5.41, 5.74) is 2.64. The average Bonchev–Trinajstić information content (AvgIpc) is 3.55. The molecule has 2 aliphatic rings. The molecule has 2 aliphatic heterocycles. The average molecular weight is 498 g/mol. The molecule has 1 N–H and O–H groups in total. The molecule has 1 unspecified atom stereocenters. The number of anilines is 2. The van der Waals surface area contributed by atoms with Crippen molar-refractivity contribution in [3.05, 3.63) is 54.3 Å². The van der Waals surface area contributed by atoms with Gasteiger partial charge in [0.2, 0.25) is 5.91 Å². The van der Waals surface area contributed by atoms with Gasteiger partial charge in [-0.05, 0) is 61.4 Å². The third-order valence-electron chi connectivity index (χ3n) is 6.09. The van der Waals surface area contributed by atoms with Gasteiger partial charge in [0.05, 0.1) is 31.6 Å². The van der Waals surface area contributed by atoms with Crippen LogP contribution in [0.2, 0.25) is 0 Å². The van der Waals surface area contributed by atoms with Crippen molar-refractivity contribution in [1.82, 2.24) is 14.8 Å². The summed E-state index contributed by atoms with van der Waals surface area (Å²) in [4.78, 5) is 14.9. The number of rotatable bonds is 8. The highest BCUT2D eigenvalue weighted by Gasteiger charge is 2.22. The van der Waals surface area contributed by atoms with E-state index in [2.05, 4.69) is 20.4 Å². The minimum Gasteiger partial charge on any atom is -0.378 e. The summed E-state index contributed by atoms with van der Waals surface area (Å²) >= 11 is 1.33. The molecule has 1 aromatic heterocycles. The molecule has 1 atom stereocenters. The Bertz CT molecular complexity index is 1130. The van der Waals surface area contributed by atoms with Crippen LogP contribution in [0.4, 0.5) is 15.8 Å². The number of hydrogen-bond donors (Lipinski definition) is 1. The predicted octanol–water partition coefficient (Wildman–Crippen LogP) is 3.83. The van der Waals surface area contributed by atoms with Crippen LogP contribution < -0.4 is 10.2 Å². The fraction of sp³-hybridized carbons (Fsp3) is 0.400. The maximum Gasteiger partial charge on any atom is 0.234 e. The van der Waals surface area contributed by atoms with E-state index in [0.29, 0.717) is 17.5 Å². The third kappa shape index (κ3) is 6.01. The molecule has 1 amide bonds. The third-order valence-corrected chi connectivity index (χ3v) is 7.06. The van der Waals surface area contributed by atoms with E-state index in [0.717, 1.165) is 62.7 Å². The molecular formula is C25H28FN5O3S. The van der Waals surface area contributed by atoms with Crippen LogP contribution in [0.5, 0.6) is 0 Å². The highest BCUT2D eigenvalue weighted by Crippen LogP contribution is 2.27. The lowest BCUT2D eigenvalue weighted by Crippen LogP contribution is -2.36. The first kappa shape index (κ1) is 23.8. The number of hydrogen-bond acceptors (Lipinski definition) is 7. The van der Waals surface area contributed by atoms with Crippen LogP contribution in [0, 0.1) is 5.82 Å². The Balaban J connectivity index is 1.23. The molecule has 2 fully saturated rings. The first-order chi connectivity index (χ1) is 17.2. The number of carbonyl (C=O) groups is 1. The van der Waals surface area contributed by atoms with Gasteiger partial charge in [-0.25, -0.2) is 4.39 Å². The molecule has 2 aromatic carbocycles. The van der Waals surface area contributed by atoms with E-state index in [1.165, 1.54) is 23.9 Å². The standard InChI is InChI=1S/C25H28FN5O3S/c26-19-5-3-18(4-6-19)24-28-29-25(31(24)16-22-2-1-13-34-22)35-17-23(32)27-20-7-9-21(10-8-20)30-11-14-33-15-12-30/h3-10,22H,1-2,11-17H2,(H,27,32). The van der Waals surface area contributed by atoms with Crippen LogP contribution >= 0.6 is 11.8 Å². The van der Waals surface area contributed by atoms with Crippen LogP contribution in [-0.2, 0) is 20.8 Å². The Morgan fingerprint density at radius 1 is 1.06 bits per heavy atom.